The van der Waals surface area contributed by atoms with E-state index in [1.807, 2.05) is 48.5 Å². The van der Waals surface area contributed by atoms with Crippen molar-refractivity contribution in [2.75, 3.05) is 14.2 Å². The number of hydrogen-bond donors (Lipinski definition) is 0. The lowest BCUT2D eigenvalue weighted by molar-refractivity contribution is -0.385. The molecular weight excluding hydrogens is 510 g/mol. The standard InChI is InChI=1S/C31H23N3O6/c1-19-4-5-22(16-27(19)34(35)36)28-15-14-25(39-28)18-33-31-26(17-32)29(20-6-10-23(37-2)11-7-20)30(40-31)21-8-12-24(38-3)13-9-21/h4-16,18H,1-3H3. The molecule has 0 radical (unpaired) electrons. The quantitative estimate of drug-likeness (QED) is 0.113. The molecule has 0 fully saturated rings. The summed E-state index contributed by atoms with van der Waals surface area (Å²) in [6, 6.07) is 25.2. The molecule has 2 aromatic heterocycles. The summed E-state index contributed by atoms with van der Waals surface area (Å²) in [6.07, 6.45) is 1.45. The molecule has 0 aliphatic rings. The summed E-state index contributed by atoms with van der Waals surface area (Å²) in [6.45, 7) is 1.68. The van der Waals surface area contributed by atoms with Crippen LogP contribution in [0.5, 0.6) is 11.5 Å². The first-order chi connectivity index (χ1) is 19.4. The third-order valence-corrected chi connectivity index (χ3v) is 6.36. The van der Waals surface area contributed by atoms with Crippen LogP contribution in [0.15, 0.2) is 92.7 Å². The lowest BCUT2D eigenvalue weighted by Gasteiger charge is -2.06. The number of benzene rings is 3. The van der Waals surface area contributed by atoms with E-state index < -0.39 is 4.92 Å². The third-order valence-electron chi connectivity index (χ3n) is 6.36. The van der Waals surface area contributed by atoms with Crippen LogP contribution < -0.4 is 9.47 Å². The summed E-state index contributed by atoms with van der Waals surface area (Å²) in [7, 11) is 3.18. The Kier molecular flexibility index (Phi) is 7.16. The first kappa shape index (κ1) is 26.0. The van der Waals surface area contributed by atoms with Crippen LogP contribution in [0.1, 0.15) is 16.9 Å². The maximum Gasteiger partial charge on any atom is 0.273 e. The van der Waals surface area contributed by atoms with Gasteiger partial charge >= 0.3 is 0 Å². The largest absolute Gasteiger partial charge is 0.497 e. The van der Waals surface area contributed by atoms with Crippen molar-refractivity contribution >= 4 is 17.8 Å². The molecular formula is C31H23N3O6. The van der Waals surface area contributed by atoms with Crippen molar-refractivity contribution in [2.45, 2.75) is 6.92 Å². The smallest absolute Gasteiger partial charge is 0.273 e. The zero-order valence-electron chi connectivity index (χ0n) is 21.9. The Bertz CT molecular complexity index is 1760. The van der Waals surface area contributed by atoms with Gasteiger partial charge in [-0.2, -0.15) is 5.26 Å². The molecule has 0 spiro atoms. The molecule has 5 rings (SSSR count). The van der Waals surface area contributed by atoms with Crippen molar-refractivity contribution in [3.8, 4) is 51.3 Å². The Morgan fingerprint density at radius 3 is 2.10 bits per heavy atom. The first-order valence-corrected chi connectivity index (χ1v) is 12.2. The van der Waals surface area contributed by atoms with Gasteiger partial charge in [-0.3, -0.25) is 10.1 Å². The molecule has 0 atom stereocenters. The number of methoxy groups -OCH3 is 2. The van der Waals surface area contributed by atoms with Crippen LogP contribution in [0.4, 0.5) is 11.6 Å². The molecule has 198 valence electrons. The highest BCUT2D eigenvalue weighted by atomic mass is 16.6. The molecule has 0 bridgehead atoms. The fourth-order valence-corrected chi connectivity index (χ4v) is 4.25. The van der Waals surface area contributed by atoms with Crippen molar-refractivity contribution < 1.29 is 23.2 Å². The number of aliphatic imine (C=N–C) groups is 1. The van der Waals surface area contributed by atoms with Gasteiger partial charge in [0.2, 0.25) is 5.88 Å². The minimum Gasteiger partial charge on any atom is -0.497 e. The number of nitro benzene ring substituents is 1. The number of hydrogen-bond acceptors (Lipinski definition) is 8. The molecule has 0 N–H and O–H groups in total. The van der Waals surface area contributed by atoms with Gasteiger partial charge in [0, 0.05) is 28.3 Å². The van der Waals surface area contributed by atoms with Gasteiger partial charge in [0.1, 0.15) is 40.4 Å². The lowest BCUT2D eigenvalue weighted by Crippen LogP contribution is -1.91. The predicted molar refractivity (Wildman–Crippen MR) is 150 cm³/mol. The van der Waals surface area contributed by atoms with Crippen LogP contribution in [0.25, 0.3) is 33.8 Å². The molecule has 0 aliphatic carbocycles. The SMILES string of the molecule is COc1ccc(-c2oc(N=Cc3ccc(-c4ccc(C)c([N+](=O)[O-])c4)o3)c(C#N)c2-c2ccc(OC)cc2)cc1. The second-order valence-corrected chi connectivity index (χ2v) is 8.77. The molecule has 0 amide bonds. The summed E-state index contributed by atoms with van der Waals surface area (Å²) in [4.78, 5) is 15.4. The van der Waals surface area contributed by atoms with Crippen LogP contribution in [-0.2, 0) is 0 Å². The normalized spacial score (nSPS) is 10.9. The van der Waals surface area contributed by atoms with Crippen molar-refractivity contribution in [3.05, 3.63) is 106 Å². The van der Waals surface area contributed by atoms with E-state index in [9.17, 15) is 15.4 Å². The molecule has 2 heterocycles. The second-order valence-electron chi connectivity index (χ2n) is 8.77. The van der Waals surface area contributed by atoms with E-state index in [0.29, 0.717) is 45.5 Å². The second kappa shape index (κ2) is 11.0. The summed E-state index contributed by atoms with van der Waals surface area (Å²) in [5, 5.41) is 21.5. The monoisotopic (exact) mass is 533 g/mol. The number of aryl methyl sites for hydroxylation is 1. The van der Waals surface area contributed by atoms with Gasteiger partial charge in [-0.25, -0.2) is 4.99 Å². The minimum absolute atomic E-state index is 0.00971. The number of rotatable bonds is 8. The van der Waals surface area contributed by atoms with Gasteiger partial charge in [0.25, 0.3) is 5.69 Å². The Hall–Kier alpha value is -5.62. The van der Waals surface area contributed by atoms with Crippen LogP contribution in [0, 0.1) is 28.4 Å². The molecule has 0 aliphatic heterocycles. The number of furan rings is 2. The highest BCUT2D eigenvalue weighted by Crippen LogP contribution is 2.43. The number of nitriles is 1. The first-order valence-electron chi connectivity index (χ1n) is 12.2. The van der Waals surface area contributed by atoms with Gasteiger partial charge in [-0.15, -0.1) is 0 Å². The van der Waals surface area contributed by atoms with Crippen molar-refractivity contribution in [2.24, 2.45) is 4.99 Å². The van der Waals surface area contributed by atoms with Crippen molar-refractivity contribution in [1.29, 1.82) is 5.26 Å². The fourth-order valence-electron chi connectivity index (χ4n) is 4.25. The Labute approximate surface area is 229 Å². The number of nitro groups is 1. The molecule has 0 saturated heterocycles. The van der Waals surface area contributed by atoms with E-state index in [2.05, 4.69) is 11.1 Å². The highest BCUT2D eigenvalue weighted by Gasteiger charge is 2.23. The van der Waals surface area contributed by atoms with Crippen LogP contribution in [0.2, 0.25) is 0 Å². The van der Waals surface area contributed by atoms with Crippen LogP contribution in [0.3, 0.4) is 0 Å². The molecule has 3 aromatic carbocycles. The Morgan fingerprint density at radius 1 is 0.875 bits per heavy atom. The van der Waals surface area contributed by atoms with E-state index in [1.54, 1.807) is 45.4 Å². The topological polar surface area (TPSA) is 124 Å². The van der Waals surface area contributed by atoms with Crippen LogP contribution in [-0.4, -0.2) is 25.4 Å². The third kappa shape index (κ3) is 5.06. The summed E-state index contributed by atoms with van der Waals surface area (Å²) in [5.41, 5.74) is 3.49. The van der Waals surface area contributed by atoms with Gasteiger partial charge < -0.3 is 18.3 Å². The molecule has 40 heavy (non-hydrogen) atoms. The zero-order valence-corrected chi connectivity index (χ0v) is 21.9. The maximum absolute atomic E-state index is 11.3. The summed E-state index contributed by atoms with van der Waals surface area (Å²) < 4.78 is 22.6. The zero-order chi connectivity index (χ0) is 28.2. The van der Waals surface area contributed by atoms with Gasteiger partial charge in [-0.1, -0.05) is 24.3 Å². The van der Waals surface area contributed by atoms with E-state index in [1.165, 1.54) is 12.3 Å². The van der Waals surface area contributed by atoms with E-state index >= 15 is 0 Å². The lowest BCUT2D eigenvalue weighted by atomic mass is 9.98. The van der Waals surface area contributed by atoms with Gasteiger partial charge in [0.15, 0.2) is 0 Å². The molecule has 0 unspecified atom stereocenters. The Balaban J connectivity index is 1.55. The average Bonchev–Trinajstić information content (AvgIpc) is 3.61. The predicted octanol–water partition coefficient (Wildman–Crippen LogP) is 7.73. The molecule has 0 saturated carbocycles. The molecule has 9 heteroatoms. The van der Waals surface area contributed by atoms with E-state index in [-0.39, 0.29) is 17.1 Å². The van der Waals surface area contributed by atoms with E-state index in [4.69, 9.17) is 18.3 Å². The average molecular weight is 534 g/mol. The summed E-state index contributed by atoms with van der Waals surface area (Å²) in [5.74, 6) is 2.79. The number of ether oxygens (including phenoxy) is 2. The van der Waals surface area contributed by atoms with Crippen LogP contribution >= 0.6 is 0 Å². The van der Waals surface area contributed by atoms with E-state index in [0.717, 1.165) is 11.1 Å². The maximum atomic E-state index is 11.3. The highest BCUT2D eigenvalue weighted by molar-refractivity contribution is 5.89. The summed E-state index contributed by atoms with van der Waals surface area (Å²) >= 11 is 0. The number of nitrogens with zero attached hydrogens (tertiary/aromatic N) is 3. The van der Waals surface area contributed by atoms with Crippen molar-refractivity contribution in [1.82, 2.24) is 0 Å². The van der Waals surface area contributed by atoms with Gasteiger partial charge in [0.05, 0.1) is 25.4 Å². The van der Waals surface area contributed by atoms with Crippen molar-refractivity contribution in [3.63, 3.8) is 0 Å². The molecule has 9 nitrogen and oxygen atoms in total. The fraction of sp³-hybridized carbons (Fsp3) is 0.0968. The minimum atomic E-state index is -0.425. The molecule has 5 aromatic rings. The Morgan fingerprint density at radius 2 is 1.50 bits per heavy atom. The van der Waals surface area contributed by atoms with Gasteiger partial charge in [-0.05, 0) is 61.0 Å².